The van der Waals surface area contributed by atoms with Crippen molar-refractivity contribution < 1.29 is 22.4 Å². The third-order valence-electron chi connectivity index (χ3n) is 4.14. The Balaban J connectivity index is 1.68. The van der Waals surface area contributed by atoms with Gasteiger partial charge in [0.25, 0.3) is 5.91 Å². The number of methoxy groups -OCH3 is 1. The first-order valence-corrected chi connectivity index (χ1v) is 9.84. The number of amides is 1. The number of carbonyl (C=O) groups excluding carboxylic acids is 1. The van der Waals surface area contributed by atoms with Crippen LogP contribution in [0.4, 0.5) is 0 Å². The SMILES string of the molecule is COCc1c(C(=O)NCCc2ccc(S(N)(=O)=O)cc2)oc2ccccc12. The normalized spacial score (nSPS) is 11.6. The van der Waals surface area contributed by atoms with Crippen molar-refractivity contribution in [2.24, 2.45) is 5.14 Å². The third-order valence-corrected chi connectivity index (χ3v) is 5.07. The highest BCUT2D eigenvalue weighted by atomic mass is 32.2. The summed E-state index contributed by atoms with van der Waals surface area (Å²) in [5.41, 5.74) is 2.22. The van der Waals surface area contributed by atoms with E-state index in [-0.39, 0.29) is 23.2 Å². The molecule has 0 spiro atoms. The zero-order valence-electron chi connectivity index (χ0n) is 14.8. The molecule has 0 bridgehead atoms. The maximum absolute atomic E-state index is 12.5. The lowest BCUT2D eigenvalue weighted by atomic mass is 10.1. The first kappa shape index (κ1) is 19.1. The molecule has 27 heavy (non-hydrogen) atoms. The Morgan fingerprint density at radius 1 is 1.15 bits per heavy atom. The van der Waals surface area contributed by atoms with E-state index < -0.39 is 10.0 Å². The number of hydrogen-bond donors (Lipinski definition) is 2. The summed E-state index contributed by atoms with van der Waals surface area (Å²) in [6.07, 6.45) is 0.538. The number of benzene rings is 2. The highest BCUT2D eigenvalue weighted by molar-refractivity contribution is 7.89. The fraction of sp³-hybridized carbons (Fsp3) is 0.211. The third kappa shape index (κ3) is 4.36. The summed E-state index contributed by atoms with van der Waals surface area (Å²) in [4.78, 5) is 12.6. The van der Waals surface area contributed by atoms with Gasteiger partial charge in [-0.1, -0.05) is 30.3 Å². The van der Waals surface area contributed by atoms with Crippen LogP contribution in [0.1, 0.15) is 21.7 Å². The number of furan rings is 1. The summed E-state index contributed by atoms with van der Waals surface area (Å²) in [6.45, 7) is 0.645. The molecule has 0 atom stereocenters. The smallest absolute Gasteiger partial charge is 0.287 e. The summed E-state index contributed by atoms with van der Waals surface area (Å²) in [5.74, 6) is -0.0815. The summed E-state index contributed by atoms with van der Waals surface area (Å²) in [5, 5.41) is 8.75. The molecule has 0 aliphatic heterocycles. The molecular formula is C19H20N2O5S. The number of fused-ring (bicyclic) bond motifs is 1. The van der Waals surface area contributed by atoms with Crippen LogP contribution in [0.5, 0.6) is 0 Å². The second kappa shape index (κ2) is 7.91. The number of carbonyl (C=O) groups is 1. The van der Waals surface area contributed by atoms with Crippen LogP contribution in [-0.4, -0.2) is 28.0 Å². The first-order chi connectivity index (χ1) is 12.9. The highest BCUT2D eigenvalue weighted by Crippen LogP contribution is 2.26. The molecule has 8 heteroatoms. The van der Waals surface area contributed by atoms with E-state index in [1.165, 1.54) is 12.1 Å². The van der Waals surface area contributed by atoms with E-state index in [1.54, 1.807) is 25.3 Å². The molecule has 0 saturated heterocycles. The fourth-order valence-electron chi connectivity index (χ4n) is 2.82. The largest absolute Gasteiger partial charge is 0.451 e. The van der Waals surface area contributed by atoms with Crippen LogP contribution in [-0.2, 0) is 27.8 Å². The van der Waals surface area contributed by atoms with Crippen LogP contribution in [0.25, 0.3) is 11.0 Å². The van der Waals surface area contributed by atoms with Crippen molar-refractivity contribution in [2.45, 2.75) is 17.9 Å². The standard InChI is InChI=1S/C19H20N2O5S/c1-25-12-16-15-4-2-3-5-17(15)26-18(16)19(22)21-11-10-13-6-8-14(9-7-13)27(20,23)24/h2-9H,10-12H2,1H3,(H,21,22)(H2,20,23,24). The molecule has 0 radical (unpaired) electrons. The quantitative estimate of drug-likeness (QED) is 0.644. The molecule has 0 saturated carbocycles. The van der Waals surface area contributed by atoms with E-state index in [1.807, 2.05) is 18.2 Å². The molecule has 0 aliphatic carbocycles. The van der Waals surface area contributed by atoms with Crippen LogP contribution in [0.3, 0.4) is 0 Å². The number of hydrogen-bond acceptors (Lipinski definition) is 5. The number of sulfonamides is 1. The van der Waals surface area contributed by atoms with E-state index in [4.69, 9.17) is 14.3 Å². The van der Waals surface area contributed by atoms with Crippen LogP contribution in [0.2, 0.25) is 0 Å². The van der Waals surface area contributed by atoms with E-state index in [9.17, 15) is 13.2 Å². The van der Waals surface area contributed by atoms with Crippen molar-refractivity contribution in [2.75, 3.05) is 13.7 Å². The monoisotopic (exact) mass is 388 g/mol. The minimum Gasteiger partial charge on any atom is -0.451 e. The van der Waals surface area contributed by atoms with Gasteiger partial charge in [0, 0.05) is 24.6 Å². The molecular weight excluding hydrogens is 368 g/mol. The lowest BCUT2D eigenvalue weighted by Gasteiger charge is -2.06. The van der Waals surface area contributed by atoms with E-state index >= 15 is 0 Å². The van der Waals surface area contributed by atoms with Gasteiger partial charge in [-0.3, -0.25) is 4.79 Å². The second-order valence-corrected chi connectivity index (χ2v) is 7.60. The molecule has 3 rings (SSSR count). The Kier molecular flexibility index (Phi) is 5.59. The number of nitrogens with one attached hydrogen (secondary N) is 1. The van der Waals surface area contributed by atoms with Gasteiger partial charge in [0.2, 0.25) is 10.0 Å². The molecule has 0 aliphatic rings. The molecule has 0 fully saturated rings. The van der Waals surface area contributed by atoms with Crippen molar-refractivity contribution in [3.05, 3.63) is 65.4 Å². The lowest BCUT2D eigenvalue weighted by Crippen LogP contribution is -2.26. The topological polar surface area (TPSA) is 112 Å². The summed E-state index contributed by atoms with van der Waals surface area (Å²) < 4.78 is 33.4. The molecule has 3 aromatic rings. The Morgan fingerprint density at radius 2 is 1.85 bits per heavy atom. The van der Waals surface area contributed by atoms with Gasteiger partial charge in [-0.2, -0.15) is 0 Å². The summed E-state index contributed by atoms with van der Waals surface area (Å²) in [6, 6.07) is 13.6. The predicted octanol–water partition coefficient (Wildman–Crippen LogP) is 2.20. The number of nitrogens with two attached hydrogens (primary N) is 1. The Bertz CT molecular complexity index is 1060. The minimum atomic E-state index is -3.71. The van der Waals surface area contributed by atoms with Crippen molar-refractivity contribution in [3.63, 3.8) is 0 Å². The molecule has 2 aromatic carbocycles. The van der Waals surface area contributed by atoms with Crippen molar-refractivity contribution in [1.82, 2.24) is 5.32 Å². The van der Waals surface area contributed by atoms with Crippen molar-refractivity contribution >= 4 is 26.9 Å². The molecule has 1 heterocycles. The zero-order valence-corrected chi connectivity index (χ0v) is 15.6. The van der Waals surface area contributed by atoms with Crippen LogP contribution >= 0.6 is 0 Å². The van der Waals surface area contributed by atoms with Gasteiger partial charge in [-0.15, -0.1) is 0 Å². The van der Waals surface area contributed by atoms with Gasteiger partial charge in [0.1, 0.15) is 5.58 Å². The van der Waals surface area contributed by atoms with E-state index in [2.05, 4.69) is 5.32 Å². The summed E-state index contributed by atoms with van der Waals surface area (Å²) >= 11 is 0. The number of rotatable bonds is 7. The van der Waals surface area contributed by atoms with Gasteiger partial charge in [-0.05, 0) is 30.2 Å². The van der Waals surface area contributed by atoms with Gasteiger partial charge < -0.3 is 14.5 Å². The maximum Gasteiger partial charge on any atom is 0.287 e. The van der Waals surface area contributed by atoms with Gasteiger partial charge in [0.15, 0.2) is 5.76 Å². The fourth-order valence-corrected chi connectivity index (χ4v) is 3.33. The predicted molar refractivity (Wildman–Crippen MR) is 101 cm³/mol. The first-order valence-electron chi connectivity index (χ1n) is 8.29. The van der Waals surface area contributed by atoms with Crippen molar-refractivity contribution in [3.8, 4) is 0 Å². The Morgan fingerprint density at radius 3 is 2.52 bits per heavy atom. The number of ether oxygens (including phenoxy) is 1. The minimum absolute atomic E-state index is 0.0572. The number of para-hydroxylation sites is 1. The average molecular weight is 388 g/mol. The second-order valence-electron chi connectivity index (χ2n) is 6.03. The average Bonchev–Trinajstić information content (AvgIpc) is 3.01. The van der Waals surface area contributed by atoms with Crippen LogP contribution in [0, 0.1) is 0 Å². The van der Waals surface area contributed by atoms with Crippen LogP contribution in [0.15, 0.2) is 57.8 Å². The molecule has 1 aromatic heterocycles. The molecule has 1 amide bonds. The van der Waals surface area contributed by atoms with Crippen LogP contribution < -0.4 is 10.5 Å². The van der Waals surface area contributed by atoms with Gasteiger partial charge >= 0.3 is 0 Å². The van der Waals surface area contributed by atoms with Gasteiger partial charge in [0.05, 0.1) is 11.5 Å². The number of primary sulfonamides is 1. The van der Waals surface area contributed by atoms with Crippen molar-refractivity contribution in [1.29, 1.82) is 0 Å². The highest BCUT2D eigenvalue weighted by Gasteiger charge is 2.20. The van der Waals surface area contributed by atoms with E-state index in [0.29, 0.717) is 24.1 Å². The van der Waals surface area contributed by atoms with E-state index in [0.717, 1.165) is 10.9 Å². The molecule has 0 unspecified atom stereocenters. The zero-order chi connectivity index (χ0) is 19.4. The Labute approximate surface area is 157 Å². The summed E-state index contributed by atoms with van der Waals surface area (Å²) in [7, 11) is -2.14. The molecule has 142 valence electrons. The Hall–Kier alpha value is -2.68. The molecule has 3 N–H and O–H groups in total. The van der Waals surface area contributed by atoms with Gasteiger partial charge in [-0.25, -0.2) is 13.6 Å². The lowest BCUT2D eigenvalue weighted by molar-refractivity contribution is 0.0922. The molecule has 7 nitrogen and oxygen atoms in total. The maximum atomic E-state index is 12.5.